The summed E-state index contributed by atoms with van der Waals surface area (Å²) in [7, 11) is 4.63. The summed E-state index contributed by atoms with van der Waals surface area (Å²) in [5.74, 6) is 0.894. The summed E-state index contributed by atoms with van der Waals surface area (Å²) < 4.78 is 20.7. The number of methoxy groups -OCH3 is 3. The van der Waals surface area contributed by atoms with E-state index < -0.39 is 11.9 Å². The van der Waals surface area contributed by atoms with Gasteiger partial charge in [-0.3, -0.25) is 9.59 Å². The molecule has 0 fully saturated rings. The SMILES string of the molecule is COc1cccc(CC(=O)OCC(=O)NCc2cccc(OC)c2OC)c1. The Labute approximate surface area is 158 Å². The van der Waals surface area contributed by atoms with Crippen LogP contribution in [-0.4, -0.2) is 39.8 Å². The predicted octanol–water partition coefficient (Wildman–Crippen LogP) is 2.11. The normalized spacial score (nSPS) is 10.0. The van der Waals surface area contributed by atoms with E-state index in [4.69, 9.17) is 18.9 Å². The Hall–Kier alpha value is -3.22. The van der Waals surface area contributed by atoms with Gasteiger partial charge in [0.1, 0.15) is 5.75 Å². The molecule has 144 valence electrons. The fourth-order valence-electron chi connectivity index (χ4n) is 2.48. The second-order valence-electron chi connectivity index (χ2n) is 5.62. The van der Waals surface area contributed by atoms with Gasteiger partial charge in [-0.2, -0.15) is 0 Å². The number of ether oxygens (including phenoxy) is 4. The van der Waals surface area contributed by atoms with Gasteiger partial charge in [0.05, 0.1) is 27.8 Å². The number of esters is 1. The maximum atomic E-state index is 11.9. The Bertz CT molecular complexity index is 790. The van der Waals surface area contributed by atoms with Crippen LogP contribution in [0.3, 0.4) is 0 Å². The van der Waals surface area contributed by atoms with Gasteiger partial charge in [-0.25, -0.2) is 0 Å². The van der Waals surface area contributed by atoms with Crippen LogP contribution in [0.15, 0.2) is 42.5 Å². The number of para-hydroxylation sites is 1. The second kappa shape index (κ2) is 10.1. The first-order valence-corrected chi connectivity index (χ1v) is 8.32. The molecule has 0 aromatic heterocycles. The van der Waals surface area contributed by atoms with Crippen LogP contribution in [-0.2, 0) is 27.3 Å². The minimum atomic E-state index is -0.489. The van der Waals surface area contributed by atoms with Gasteiger partial charge in [-0.05, 0) is 23.8 Å². The van der Waals surface area contributed by atoms with Gasteiger partial charge < -0.3 is 24.3 Å². The van der Waals surface area contributed by atoms with E-state index >= 15 is 0 Å². The second-order valence-corrected chi connectivity index (χ2v) is 5.62. The highest BCUT2D eigenvalue weighted by Crippen LogP contribution is 2.30. The molecule has 7 heteroatoms. The van der Waals surface area contributed by atoms with Gasteiger partial charge in [-0.1, -0.05) is 24.3 Å². The first kappa shape index (κ1) is 20.1. The summed E-state index contributed by atoms with van der Waals surface area (Å²) in [5, 5.41) is 2.69. The lowest BCUT2D eigenvalue weighted by atomic mass is 10.1. The summed E-state index contributed by atoms with van der Waals surface area (Å²) in [4.78, 5) is 23.8. The molecule has 0 atom stereocenters. The highest BCUT2D eigenvalue weighted by Gasteiger charge is 2.12. The van der Waals surface area contributed by atoms with Crippen molar-refractivity contribution in [2.45, 2.75) is 13.0 Å². The largest absolute Gasteiger partial charge is 0.497 e. The van der Waals surface area contributed by atoms with Crippen molar-refractivity contribution in [3.63, 3.8) is 0 Å². The minimum absolute atomic E-state index is 0.0637. The summed E-state index contributed by atoms with van der Waals surface area (Å²) in [6.07, 6.45) is 0.0637. The average molecular weight is 373 g/mol. The zero-order valence-electron chi connectivity index (χ0n) is 15.6. The molecule has 0 bridgehead atoms. The van der Waals surface area contributed by atoms with E-state index in [0.717, 1.165) is 11.1 Å². The fourth-order valence-corrected chi connectivity index (χ4v) is 2.48. The molecule has 1 amide bonds. The quantitative estimate of drug-likeness (QED) is 0.678. The van der Waals surface area contributed by atoms with Crippen LogP contribution in [0.1, 0.15) is 11.1 Å². The summed E-state index contributed by atoms with van der Waals surface area (Å²) in [6.45, 7) is -0.123. The first-order valence-electron chi connectivity index (χ1n) is 8.32. The first-order chi connectivity index (χ1) is 13.1. The number of carbonyl (C=O) groups excluding carboxylic acids is 2. The molecule has 7 nitrogen and oxygen atoms in total. The Morgan fingerprint density at radius 3 is 2.44 bits per heavy atom. The third kappa shape index (κ3) is 5.91. The van der Waals surface area contributed by atoms with E-state index in [1.807, 2.05) is 6.07 Å². The standard InChI is InChI=1S/C20H23NO6/c1-24-16-8-4-6-14(10-16)11-19(23)27-13-18(22)21-12-15-7-5-9-17(25-2)20(15)26-3/h4-10H,11-13H2,1-3H3,(H,21,22). The van der Waals surface area contributed by atoms with Crippen molar-refractivity contribution in [3.8, 4) is 17.2 Å². The maximum Gasteiger partial charge on any atom is 0.310 e. The average Bonchev–Trinajstić information content (AvgIpc) is 2.70. The van der Waals surface area contributed by atoms with Crippen LogP contribution in [0.5, 0.6) is 17.2 Å². The monoisotopic (exact) mass is 373 g/mol. The number of nitrogens with one attached hydrogen (secondary N) is 1. The molecule has 1 N–H and O–H groups in total. The molecule has 0 spiro atoms. The highest BCUT2D eigenvalue weighted by molar-refractivity contribution is 5.81. The molecular weight excluding hydrogens is 350 g/mol. The van der Waals surface area contributed by atoms with Gasteiger partial charge >= 0.3 is 5.97 Å². The lowest BCUT2D eigenvalue weighted by Crippen LogP contribution is -2.28. The van der Waals surface area contributed by atoms with Crippen molar-refractivity contribution >= 4 is 11.9 Å². The lowest BCUT2D eigenvalue weighted by Gasteiger charge is -2.13. The van der Waals surface area contributed by atoms with E-state index in [2.05, 4.69) is 5.32 Å². The van der Waals surface area contributed by atoms with Crippen LogP contribution in [0, 0.1) is 0 Å². The molecule has 0 aliphatic carbocycles. The molecule has 27 heavy (non-hydrogen) atoms. The molecule has 2 rings (SSSR count). The number of benzene rings is 2. The van der Waals surface area contributed by atoms with E-state index in [1.165, 1.54) is 7.11 Å². The molecule has 2 aromatic carbocycles. The third-order valence-corrected chi connectivity index (χ3v) is 3.81. The number of hydrogen-bond donors (Lipinski definition) is 1. The molecule has 0 radical (unpaired) electrons. The molecule has 0 heterocycles. The van der Waals surface area contributed by atoms with Crippen molar-refractivity contribution in [3.05, 3.63) is 53.6 Å². The van der Waals surface area contributed by atoms with Gasteiger partial charge in [-0.15, -0.1) is 0 Å². The zero-order chi connectivity index (χ0) is 19.6. The smallest absolute Gasteiger partial charge is 0.310 e. The van der Waals surface area contributed by atoms with Crippen molar-refractivity contribution in [1.82, 2.24) is 5.32 Å². The van der Waals surface area contributed by atoms with Gasteiger partial charge in [0.2, 0.25) is 0 Å². The lowest BCUT2D eigenvalue weighted by molar-refractivity contribution is -0.147. The van der Waals surface area contributed by atoms with Crippen molar-refractivity contribution < 1.29 is 28.5 Å². The summed E-state index contributed by atoms with van der Waals surface area (Å²) in [6, 6.07) is 12.5. The number of carbonyl (C=O) groups is 2. The molecule has 0 aliphatic rings. The summed E-state index contributed by atoms with van der Waals surface area (Å²) in [5.41, 5.74) is 1.51. The molecule has 2 aromatic rings. The van der Waals surface area contributed by atoms with Crippen LogP contribution in [0.2, 0.25) is 0 Å². The fraction of sp³-hybridized carbons (Fsp3) is 0.300. The molecule has 0 saturated heterocycles. The van der Waals surface area contributed by atoms with Crippen LogP contribution < -0.4 is 19.5 Å². The van der Waals surface area contributed by atoms with E-state index in [-0.39, 0.29) is 19.6 Å². The van der Waals surface area contributed by atoms with Crippen molar-refractivity contribution in [1.29, 1.82) is 0 Å². The van der Waals surface area contributed by atoms with Gasteiger partial charge in [0, 0.05) is 12.1 Å². The number of hydrogen-bond acceptors (Lipinski definition) is 6. The van der Waals surface area contributed by atoms with Gasteiger partial charge in [0.15, 0.2) is 18.1 Å². The number of amides is 1. The summed E-state index contributed by atoms with van der Waals surface area (Å²) >= 11 is 0. The Morgan fingerprint density at radius 2 is 1.74 bits per heavy atom. The Morgan fingerprint density at radius 1 is 0.963 bits per heavy atom. The van der Waals surface area contributed by atoms with E-state index in [9.17, 15) is 9.59 Å². The van der Waals surface area contributed by atoms with E-state index in [1.54, 1.807) is 50.6 Å². The predicted molar refractivity (Wildman–Crippen MR) is 99.0 cm³/mol. The van der Waals surface area contributed by atoms with Gasteiger partial charge in [0.25, 0.3) is 5.91 Å². The number of rotatable bonds is 9. The maximum absolute atomic E-state index is 11.9. The zero-order valence-corrected chi connectivity index (χ0v) is 15.6. The third-order valence-electron chi connectivity index (χ3n) is 3.81. The van der Waals surface area contributed by atoms with Crippen LogP contribution in [0.4, 0.5) is 0 Å². The topological polar surface area (TPSA) is 83.1 Å². The van der Waals surface area contributed by atoms with Crippen LogP contribution >= 0.6 is 0 Å². The molecule has 0 aliphatic heterocycles. The van der Waals surface area contributed by atoms with Crippen LogP contribution in [0.25, 0.3) is 0 Å². The molecule has 0 unspecified atom stereocenters. The minimum Gasteiger partial charge on any atom is -0.497 e. The van der Waals surface area contributed by atoms with E-state index in [0.29, 0.717) is 17.2 Å². The molecule has 0 saturated carbocycles. The van der Waals surface area contributed by atoms with Crippen molar-refractivity contribution in [2.24, 2.45) is 0 Å². The Balaban J connectivity index is 1.81. The molecular formula is C20H23NO6. The van der Waals surface area contributed by atoms with Crippen molar-refractivity contribution in [2.75, 3.05) is 27.9 Å². The highest BCUT2D eigenvalue weighted by atomic mass is 16.5. The Kier molecular flexibility index (Phi) is 7.49.